The minimum Gasteiger partial charge on any atom is -0.616 e. The maximum atomic E-state index is 11.3. The van der Waals surface area contributed by atoms with Crippen molar-refractivity contribution >= 4 is 11.7 Å². The molecule has 2 N–H and O–H groups in total. The van der Waals surface area contributed by atoms with Gasteiger partial charge in [0.1, 0.15) is 5.69 Å². The Morgan fingerprint density at radius 1 is 1.50 bits per heavy atom. The smallest absolute Gasteiger partial charge is 0.379 e. The molecule has 1 aromatic heterocycles. The van der Waals surface area contributed by atoms with E-state index in [9.17, 15) is 10.0 Å². The molecule has 0 radical (unpaired) electrons. The number of hydrogen-bond acceptors (Lipinski definition) is 3. The van der Waals surface area contributed by atoms with Gasteiger partial charge in [0.25, 0.3) is 0 Å². The first-order valence-electron chi connectivity index (χ1n) is 4.87. The maximum absolute atomic E-state index is 11.3. The number of hydrogen-bond donors (Lipinski definition) is 2. The zero-order valence-corrected chi connectivity index (χ0v) is 9.48. The van der Waals surface area contributed by atoms with Gasteiger partial charge in [-0.2, -0.15) is 0 Å². The van der Waals surface area contributed by atoms with Gasteiger partial charge >= 0.3 is 11.9 Å². The summed E-state index contributed by atoms with van der Waals surface area (Å²) in [5.41, 5.74) is 0.411. The summed E-state index contributed by atoms with van der Waals surface area (Å²) >= 11 is 0. The second kappa shape index (κ2) is 5.20. The molecule has 1 heterocycles. The molecule has 6 nitrogen and oxygen atoms in total. The largest absolute Gasteiger partial charge is 0.616 e. The number of rotatable bonds is 3. The summed E-state index contributed by atoms with van der Waals surface area (Å²) in [5.74, 6) is 0.176. The number of carbonyl (C=O) groups excluding carboxylic acids is 1. The van der Waals surface area contributed by atoms with Crippen molar-refractivity contribution in [3.8, 4) is 5.88 Å². The van der Waals surface area contributed by atoms with Crippen LogP contribution in [0.2, 0.25) is 0 Å². The van der Waals surface area contributed by atoms with E-state index >= 15 is 0 Å². The highest BCUT2D eigenvalue weighted by atomic mass is 16.5. The van der Waals surface area contributed by atoms with Gasteiger partial charge in [0.2, 0.25) is 6.20 Å². The second-order valence-electron chi connectivity index (χ2n) is 3.54. The van der Waals surface area contributed by atoms with Gasteiger partial charge in [0.15, 0.2) is 0 Å². The molecule has 6 heteroatoms. The predicted octanol–water partition coefficient (Wildman–Crippen LogP) is 0.858. The van der Waals surface area contributed by atoms with Crippen LogP contribution < -0.4 is 20.1 Å². The van der Waals surface area contributed by atoms with Gasteiger partial charge in [-0.3, -0.25) is 0 Å². The van der Waals surface area contributed by atoms with Crippen molar-refractivity contribution < 1.29 is 14.3 Å². The lowest BCUT2D eigenvalue weighted by molar-refractivity contribution is -0.611. The highest BCUT2D eigenvalue weighted by molar-refractivity contribution is 5.89. The number of nitrogens with zero attached hydrogens (tertiary/aromatic N) is 1. The Morgan fingerprint density at radius 3 is 2.69 bits per heavy atom. The van der Waals surface area contributed by atoms with Gasteiger partial charge in [0, 0.05) is 6.04 Å². The Labute approximate surface area is 93.8 Å². The van der Waals surface area contributed by atoms with E-state index in [-0.39, 0.29) is 18.0 Å². The highest BCUT2D eigenvalue weighted by Gasteiger charge is 2.09. The average molecular weight is 225 g/mol. The molecule has 0 bridgehead atoms. The lowest BCUT2D eigenvalue weighted by atomic mass is 10.4. The van der Waals surface area contributed by atoms with Crippen LogP contribution in [0, 0.1) is 5.21 Å². The van der Waals surface area contributed by atoms with Gasteiger partial charge in [-0.25, -0.2) is 4.79 Å². The Kier molecular flexibility index (Phi) is 3.93. The minimum atomic E-state index is -0.347. The molecule has 0 saturated carbocycles. The number of urea groups is 1. The molecule has 16 heavy (non-hydrogen) atoms. The number of nitrogens with one attached hydrogen (secondary N) is 2. The highest BCUT2D eigenvalue weighted by Crippen LogP contribution is 2.08. The fourth-order valence-electron chi connectivity index (χ4n) is 1.13. The number of aromatic nitrogens is 1. The number of ether oxygens (including phenoxy) is 1. The number of pyridine rings is 1. The van der Waals surface area contributed by atoms with Crippen molar-refractivity contribution in [2.24, 2.45) is 0 Å². The van der Waals surface area contributed by atoms with Crippen molar-refractivity contribution in [1.82, 2.24) is 5.32 Å². The van der Waals surface area contributed by atoms with Crippen molar-refractivity contribution in [1.29, 1.82) is 0 Å². The minimum absolute atomic E-state index is 0.0395. The van der Waals surface area contributed by atoms with E-state index < -0.39 is 0 Å². The average Bonchev–Trinajstić information content (AvgIpc) is 2.16. The number of amides is 2. The van der Waals surface area contributed by atoms with E-state index in [2.05, 4.69) is 10.6 Å². The van der Waals surface area contributed by atoms with Crippen molar-refractivity contribution in [2.75, 3.05) is 12.4 Å². The van der Waals surface area contributed by atoms with Crippen LogP contribution in [0.1, 0.15) is 13.8 Å². The molecule has 0 aliphatic rings. The summed E-state index contributed by atoms with van der Waals surface area (Å²) in [5, 5.41) is 16.5. The SMILES string of the molecule is COc1ccc(NC(=O)NC(C)C)c[n+]1[O-]. The molecule has 1 aromatic rings. The van der Waals surface area contributed by atoms with E-state index in [0.717, 1.165) is 0 Å². The van der Waals surface area contributed by atoms with E-state index in [1.807, 2.05) is 13.8 Å². The molecule has 0 aliphatic heterocycles. The number of anilines is 1. The number of carbonyl (C=O) groups is 1. The lowest BCUT2D eigenvalue weighted by Gasteiger charge is -2.10. The first kappa shape index (κ1) is 12.1. The molecular formula is C10H15N3O3. The van der Waals surface area contributed by atoms with Crippen LogP contribution in [0.4, 0.5) is 10.5 Å². The summed E-state index contributed by atoms with van der Waals surface area (Å²) in [7, 11) is 1.41. The molecule has 2 amide bonds. The van der Waals surface area contributed by atoms with Gasteiger partial charge in [-0.1, -0.05) is 0 Å². The molecule has 0 atom stereocenters. The van der Waals surface area contributed by atoms with Crippen LogP contribution in [0.25, 0.3) is 0 Å². The van der Waals surface area contributed by atoms with E-state index in [1.165, 1.54) is 19.4 Å². The molecule has 0 fully saturated rings. The number of methoxy groups -OCH3 is 1. The second-order valence-corrected chi connectivity index (χ2v) is 3.54. The normalized spacial score (nSPS) is 10.0. The topological polar surface area (TPSA) is 77.3 Å². The monoisotopic (exact) mass is 225 g/mol. The van der Waals surface area contributed by atoms with E-state index in [0.29, 0.717) is 10.4 Å². The van der Waals surface area contributed by atoms with E-state index in [1.54, 1.807) is 6.07 Å². The lowest BCUT2D eigenvalue weighted by Crippen LogP contribution is -2.35. The van der Waals surface area contributed by atoms with Crippen LogP contribution in [0.3, 0.4) is 0 Å². The Bertz CT molecular complexity index is 380. The van der Waals surface area contributed by atoms with E-state index in [4.69, 9.17) is 4.74 Å². The van der Waals surface area contributed by atoms with Crippen LogP contribution >= 0.6 is 0 Å². The summed E-state index contributed by atoms with van der Waals surface area (Å²) < 4.78 is 5.34. The quantitative estimate of drug-likeness (QED) is 0.591. The molecule has 0 spiro atoms. The van der Waals surface area contributed by atoms with Crippen molar-refractivity contribution in [3.05, 3.63) is 23.5 Å². The molecule has 1 rings (SSSR count). The zero-order valence-electron chi connectivity index (χ0n) is 9.48. The molecule has 0 unspecified atom stereocenters. The third-order valence-electron chi connectivity index (χ3n) is 1.77. The molecule has 0 aromatic carbocycles. The molecule has 88 valence electrons. The summed E-state index contributed by atoms with van der Waals surface area (Å²) in [4.78, 5) is 11.3. The van der Waals surface area contributed by atoms with Crippen LogP contribution in [0.15, 0.2) is 18.3 Å². The molecular weight excluding hydrogens is 210 g/mol. The van der Waals surface area contributed by atoms with Crippen molar-refractivity contribution in [3.63, 3.8) is 0 Å². The van der Waals surface area contributed by atoms with Gasteiger partial charge < -0.3 is 20.6 Å². The fraction of sp³-hybridized carbons (Fsp3) is 0.400. The predicted molar refractivity (Wildman–Crippen MR) is 59.2 cm³/mol. The fourth-order valence-corrected chi connectivity index (χ4v) is 1.13. The van der Waals surface area contributed by atoms with Crippen molar-refractivity contribution in [2.45, 2.75) is 19.9 Å². The molecule has 0 aliphatic carbocycles. The third kappa shape index (κ3) is 3.30. The Morgan fingerprint density at radius 2 is 2.19 bits per heavy atom. The van der Waals surface area contributed by atoms with Gasteiger partial charge in [-0.15, -0.1) is 4.73 Å². The summed E-state index contributed by atoms with van der Waals surface area (Å²) in [6.07, 6.45) is 1.23. The maximum Gasteiger partial charge on any atom is 0.379 e. The van der Waals surface area contributed by atoms with Gasteiger partial charge in [0.05, 0.1) is 13.2 Å². The first-order valence-corrected chi connectivity index (χ1v) is 4.87. The first-order chi connectivity index (χ1) is 7.52. The summed E-state index contributed by atoms with van der Waals surface area (Å²) in [6.45, 7) is 3.70. The third-order valence-corrected chi connectivity index (χ3v) is 1.77. The summed E-state index contributed by atoms with van der Waals surface area (Å²) in [6, 6.07) is 2.77. The standard InChI is InChI=1S/C10H15N3O3/c1-7(2)11-10(14)12-8-4-5-9(16-3)13(15)6-8/h4-7H,1-3H3,(H2,11,12,14). The molecule has 0 saturated heterocycles. The zero-order chi connectivity index (χ0) is 12.1. The van der Waals surface area contributed by atoms with Crippen LogP contribution in [0.5, 0.6) is 5.88 Å². The Hall–Kier alpha value is -1.98. The van der Waals surface area contributed by atoms with Gasteiger partial charge in [-0.05, 0) is 19.9 Å². The van der Waals surface area contributed by atoms with Crippen LogP contribution in [-0.4, -0.2) is 19.2 Å². The Balaban J connectivity index is 2.68. The van der Waals surface area contributed by atoms with Crippen LogP contribution in [-0.2, 0) is 0 Å².